The number of pyridine rings is 1. The van der Waals surface area contributed by atoms with E-state index in [9.17, 15) is 4.79 Å². The predicted molar refractivity (Wildman–Crippen MR) is 104 cm³/mol. The van der Waals surface area contributed by atoms with Gasteiger partial charge in [0.2, 0.25) is 0 Å². The molecule has 0 aliphatic rings. The molecule has 5 heteroatoms. The zero-order valence-corrected chi connectivity index (χ0v) is 15.0. The number of imidazole rings is 1. The van der Waals surface area contributed by atoms with Crippen molar-refractivity contribution in [2.45, 2.75) is 13.0 Å². The molecule has 0 aliphatic carbocycles. The van der Waals surface area contributed by atoms with Crippen molar-refractivity contribution in [3.63, 3.8) is 0 Å². The standard InChI is InChI=1S/C22H19N3O2/c1-27-22(26)18-8-6-16(7-9-18)15-25-13-12-23-21(25)14-19-11-10-17-4-2-3-5-20(17)24-19/h2-13H,14-15H2,1H3. The summed E-state index contributed by atoms with van der Waals surface area (Å²) in [4.78, 5) is 20.8. The third-order valence-electron chi connectivity index (χ3n) is 4.52. The zero-order valence-electron chi connectivity index (χ0n) is 15.0. The van der Waals surface area contributed by atoms with E-state index in [1.807, 2.05) is 42.6 Å². The number of para-hydroxylation sites is 1. The Morgan fingerprint density at radius 3 is 2.67 bits per heavy atom. The fourth-order valence-corrected chi connectivity index (χ4v) is 3.08. The van der Waals surface area contributed by atoms with Gasteiger partial charge in [0.05, 0.1) is 18.2 Å². The average Bonchev–Trinajstić information content (AvgIpc) is 3.14. The molecule has 0 saturated heterocycles. The first-order chi connectivity index (χ1) is 13.2. The van der Waals surface area contributed by atoms with Gasteiger partial charge in [-0.3, -0.25) is 4.98 Å². The number of carbonyl (C=O) groups is 1. The highest BCUT2D eigenvalue weighted by molar-refractivity contribution is 5.89. The number of methoxy groups -OCH3 is 1. The summed E-state index contributed by atoms with van der Waals surface area (Å²) in [6, 6.07) is 19.7. The van der Waals surface area contributed by atoms with E-state index in [1.165, 1.54) is 7.11 Å². The molecule has 0 saturated carbocycles. The summed E-state index contributed by atoms with van der Waals surface area (Å²) < 4.78 is 6.84. The number of hydrogen-bond donors (Lipinski definition) is 0. The fourth-order valence-electron chi connectivity index (χ4n) is 3.08. The summed E-state index contributed by atoms with van der Waals surface area (Å²) in [5.74, 6) is 0.627. The van der Waals surface area contributed by atoms with Gasteiger partial charge in [-0.05, 0) is 29.8 Å². The maximum absolute atomic E-state index is 11.5. The van der Waals surface area contributed by atoms with Crippen molar-refractivity contribution in [2.75, 3.05) is 7.11 Å². The third-order valence-corrected chi connectivity index (χ3v) is 4.52. The van der Waals surface area contributed by atoms with Crippen molar-refractivity contribution in [1.82, 2.24) is 14.5 Å². The van der Waals surface area contributed by atoms with Gasteiger partial charge in [-0.1, -0.05) is 36.4 Å². The van der Waals surface area contributed by atoms with Gasteiger partial charge < -0.3 is 9.30 Å². The van der Waals surface area contributed by atoms with E-state index in [0.717, 1.165) is 28.0 Å². The molecule has 0 atom stereocenters. The summed E-state index contributed by atoms with van der Waals surface area (Å²) >= 11 is 0. The molecule has 2 aromatic carbocycles. The van der Waals surface area contributed by atoms with Gasteiger partial charge in [-0.2, -0.15) is 0 Å². The van der Waals surface area contributed by atoms with Gasteiger partial charge in [-0.15, -0.1) is 0 Å². The second kappa shape index (κ2) is 7.41. The first kappa shape index (κ1) is 17.0. The van der Waals surface area contributed by atoms with Crippen LogP contribution in [-0.4, -0.2) is 27.6 Å². The predicted octanol–water partition coefficient (Wildman–Crippen LogP) is 3.86. The summed E-state index contributed by atoms with van der Waals surface area (Å²) in [7, 11) is 1.38. The normalized spacial score (nSPS) is 10.9. The Morgan fingerprint density at radius 1 is 1.04 bits per heavy atom. The monoisotopic (exact) mass is 357 g/mol. The van der Waals surface area contributed by atoms with Gasteiger partial charge in [0, 0.05) is 36.4 Å². The van der Waals surface area contributed by atoms with Crippen molar-refractivity contribution in [3.8, 4) is 0 Å². The van der Waals surface area contributed by atoms with Crippen LogP contribution in [0.5, 0.6) is 0 Å². The Hall–Kier alpha value is -3.47. The molecule has 4 aromatic rings. The number of aromatic nitrogens is 3. The molecule has 0 amide bonds. The SMILES string of the molecule is COC(=O)c1ccc(Cn2ccnc2Cc2ccc3ccccc3n2)cc1. The summed E-state index contributed by atoms with van der Waals surface area (Å²) in [5.41, 5.74) is 3.62. The lowest BCUT2D eigenvalue weighted by Crippen LogP contribution is -2.07. The van der Waals surface area contributed by atoms with E-state index in [-0.39, 0.29) is 5.97 Å². The smallest absolute Gasteiger partial charge is 0.337 e. The second-order valence-corrected chi connectivity index (χ2v) is 6.33. The van der Waals surface area contributed by atoms with Crippen LogP contribution in [0, 0.1) is 0 Å². The van der Waals surface area contributed by atoms with Crippen LogP contribution in [0.25, 0.3) is 10.9 Å². The first-order valence-electron chi connectivity index (χ1n) is 8.75. The molecule has 27 heavy (non-hydrogen) atoms. The van der Waals surface area contributed by atoms with E-state index in [1.54, 1.807) is 18.3 Å². The number of fused-ring (bicyclic) bond motifs is 1. The molecule has 0 radical (unpaired) electrons. The zero-order chi connectivity index (χ0) is 18.6. The van der Waals surface area contributed by atoms with Crippen LogP contribution >= 0.6 is 0 Å². The average molecular weight is 357 g/mol. The molecular weight excluding hydrogens is 338 g/mol. The van der Waals surface area contributed by atoms with Gasteiger partial charge >= 0.3 is 5.97 Å². The van der Waals surface area contributed by atoms with E-state index >= 15 is 0 Å². The Morgan fingerprint density at radius 2 is 1.85 bits per heavy atom. The van der Waals surface area contributed by atoms with Gasteiger partial charge in [0.1, 0.15) is 5.82 Å². The van der Waals surface area contributed by atoms with Crippen LogP contribution in [0.3, 0.4) is 0 Å². The van der Waals surface area contributed by atoms with Crippen molar-refractivity contribution in [3.05, 3.63) is 95.7 Å². The molecule has 5 nitrogen and oxygen atoms in total. The molecule has 0 aliphatic heterocycles. The molecule has 4 rings (SSSR count). The lowest BCUT2D eigenvalue weighted by molar-refractivity contribution is 0.0600. The van der Waals surface area contributed by atoms with Crippen LogP contribution in [0.2, 0.25) is 0 Å². The van der Waals surface area contributed by atoms with Gasteiger partial charge in [-0.25, -0.2) is 9.78 Å². The highest BCUT2D eigenvalue weighted by Gasteiger charge is 2.08. The Kier molecular flexibility index (Phi) is 4.66. The minimum Gasteiger partial charge on any atom is -0.465 e. The summed E-state index contributed by atoms with van der Waals surface area (Å²) in [6.07, 6.45) is 4.43. The van der Waals surface area contributed by atoms with E-state index in [2.05, 4.69) is 21.7 Å². The van der Waals surface area contributed by atoms with Crippen LogP contribution in [0.1, 0.15) is 27.4 Å². The number of benzene rings is 2. The largest absolute Gasteiger partial charge is 0.465 e. The molecule has 2 aromatic heterocycles. The molecule has 0 spiro atoms. The van der Waals surface area contributed by atoms with Gasteiger partial charge in [0.25, 0.3) is 0 Å². The highest BCUT2D eigenvalue weighted by Crippen LogP contribution is 2.15. The first-order valence-corrected chi connectivity index (χ1v) is 8.75. The molecule has 0 bridgehead atoms. The van der Waals surface area contributed by atoms with Crippen LogP contribution in [0.4, 0.5) is 0 Å². The quantitative estimate of drug-likeness (QED) is 0.509. The number of nitrogens with zero attached hydrogens (tertiary/aromatic N) is 3. The summed E-state index contributed by atoms with van der Waals surface area (Å²) in [6.45, 7) is 0.685. The van der Waals surface area contributed by atoms with Crippen LogP contribution in [-0.2, 0) is 17.7 Å². The van der Waals surface area contributed by atoms with Crippen molar-refractivity contribution < 1.29 is 9.53 Å². The molecule has 0 fully saturated rings. The number of esters is 1. The topological polar surface area (TPSA) is 57.0 Å². The molecule has 0 unspecified atom stereocenters. The minimum absolute atomic E-state index is 0.327. The highest BCUT2D eigenvalue weighted by atomic mass is 16.5. The maximum atomic E-state index is 11.5. The van der Waals surface area contributed by atoms with Crippen molar-refractivity contribution >= 4 is 16.9 Å². The lowest BCUT2D eigenvalue weighted by atomic mass is 10.1. The third kappa shape index (κ3) is 3.72. The summed E-state index contributed by atoms with van der Waals surface area (Å²) in [5, 5.41) is 1.13. The molecular formula is C22H19N3O2. The van der Waals surface area contributed by atoms with E-state index < -0.39 is 0 Å². The van der Waals surface area contributed by atoms with Crippen LogP contribution < -0.4 is 0 Å². The van der Waals surface area contributed by atoms with E-state index in [4.69, 9.17) is 9.72 Å². The lowest BCUT2D eigenvalue weighted by Gasteiger charge is -2.09. The Bertz CT molecular complexity index is 1080. The van der Waals surface area contributed by atoms with Gasteiger partial charge in [0.15, 0.2) is 0 Å². The number of carbonyl (C=O) groups excluding carboxylic acids is 1. The van der Waals surface area contributed by atoms with Crippen molar-refractivity contribution in [1.29, 1.82) is 0 Å². The maximum Gasteiger partial charge on any atom is 0.337 e. The number of ether oxygens (including phenoxy) is 1. The number of rotatable bonds is 5. The van der Waals surface area contributed by atoms with Crippen LogP contribution in [0.15, 0.2) is 73.1 Å². The Balaban J connectivity index is 1.52. The molecule has 2 heterocycles. The molecule has 134 valence electrons. The minimum atomic E-state index is -0.327. The fraction of sp³-hybridized carbons (Fsp3) is 0.136. The van der Waals surface area contributed by atoms with Crippen molar-refractivity contribution in [2.24, 2.45) is 0 Å². The molecule has 0 N–H and O–H groups in total. The second-order valence-electron chi connectivity index (χ2n) is 6.33. The Labute approximate surface area is 157 Å². The number of hydrogen-bond acceptors (Lipinski definition) is 4. The van der Waals surface area contributed by atoms with E-state index in [0.29, 0.717) is 18.5 Å².